The molecule has 3 N–H and O–H groups in total. The number of hydrogen-bond donors (Lipinski definition) is 2. The van der Waals surface area contributed by atoms with Gasteiger partial charge in [0.05, 0.1) is 11.1 Å². The van der Waals surface area contributed by atoms with Crippen LogP contribution in [0.15, 0.2) is 23.7 Å². The van der Waals surface area contributed by atoms with Crippen LogP contribution in [0, 0.1) is 0 Å². The number of hydrogen-bond acceptors (Lipinski definition) is 5. The third-order valence-corrected chi connectivity index (χ3v) is 3.74. The SMILES string of the molecule is CCC(NC(=O)c1nc(N)ccc1Cl)c1nccs1. The molecule has 0 aliphatic heterocycles. The summed E-state index contributed by atoms with van der Waals surface area (Å²) in [5, 5.41) is 5.87. The molecule has 2 heterocycles. The molecule has 0 radical (unpaired) electrons. The molecule has 5 nitrogen and oxygen atoms in total. The lowest BCUT2D eigenvalue weighted by molar-refractivity contribution is 0.0931. The van der Waals surface area contributed by atoms with Crippen molar-refractivity contribution in [3.8, 4) is 0 Å². The van der Waals surface area contributed by atoms with Gasteiger partial charge in [-0.25, -0.2) is 9.97 Å². The number of pyridine rings is 1. The number of nitrogens with two attached hydrogens (primary N) is 1. The Kier molecular flexibility index (Phi) is 4.34. The molecule has 7 heteroatoms. The number of nitrogen functional groups attached to an aromatic ring is 1. The second-order valence-electron chi connectivity index (χ2n) is 3.87. The van der Waals surface area contributed by atoms with Crippen LogP contribution in [0.2, 0.25) is 5.02 Å². The molecule has 0 spiro atoms. The number of anilines is 1. The number of nitrogens with zero attached hydrogens (tertiary/aromatic N) is 2. The highest BCUT2D eigenvalue weighted by molar-refractivity contribution is 7.09. The Morgan fingerprint density at radius 2 is 2.37 bits per heavy atom. The van der Waals surface area contributed by atoms with Crippen molar-refractivity contribution < 1.29 is 4.79 Å². The molecule has 1 amide bonds. The van der Waals surface area contributed by atoms with Gasteiger partial charge in [-0.15, -0.1) is 11.3 Å². The van der Waals surface area contributed by atoms with E-state index in [1.807, 2.05) is 12.3 Å². The molecule has 0 saturated carbocycles. The summed E-state index contributed by atoms with van der Waals surface area (Å²) in [6, 6.07) is 2.97. The number of aromatic nitrogens is 2. The lowest BCUT2D eigenvalue weighted by Gasteiger charge is -2.14. The fourth-order valence-electron chi connectivity index (χ4n) is 1.59. The molecule has 2 aromatic rings. The van der Waals surface area contributed by atoms with Gasteiger partial charge in [0.1, 0.15) is 16.5 Å². The average molecular weight is 297 g/mol. The largest absolute Gasteiger partial charge is 0.384 e. The summed E-state index contributed by atoms with van der Waals surface area (Å²) in [6.07, 6.45) is 2.44. The smallest absolute Gasteiger partial charge is 0.272 e. The minimum absolute atomic E-state index is 0.136. The van der Waals surface area contributed by atoms with E-state index in [0.717, 1.165) is 11.4 Å². The van der Waals surface area contributed by atoms with Crippen LogP contribution in [0.3, 0.4) is 0 Å². The molecule has 2 rings (SSSR count). The van der Waals surface area contributed by atoms with Gasteiger partial charge in [-0.2, -0.15) is 0 Å². The van der Waals surface area contributed by atoms with E-state index in [2.05, 4.69) is 15.3 Å². The van der Waals surface area contributed by atoms with E-state index in [1.165, 1.54) is 11.3 Å². The summed E-state index contributed by atoms with van der Waals surface area (Å²) in [7, 11) is 0. The van der Waals surface area contributed by atoms with Crippen molar-refractivity contribution in [2.75, 3.05) is 5.73 Å². The minimum Gasteiger partial charge on any atom is -0.384 e. The van der Waals surface area contributed by atoms with E-state index >= 15 is 0 Å². The van der Waals surface area contributed by atoms with Crippen molar-refractivity contribution in [2.24, 2.45) is 0 Å². The molecular formula is C12H13ClN4OS. The van der Waals surface area contributed by atoms with Crippen molar-refractivity contribution in [1.82, 2.24) is 15.3 Å². The summed E-state index contributed by atoms with van der Waals surface area (Å²) in [6.45, 7) is 1.97. The highest BCUT2D eigenvalue weighted by Gasteiger charge is 2.19. The molecule has 0 saturated heterocycles. The highest BCUT2D eigenvalue weighted by atomic mass is 35.5. The molecule has 1 unspecified atom stereocenters. The normalized spacial score (nSPS) is 12.1. The van der Waals surface area contributed by atoms with Gasteiger partial charge in [0.2, 0.25) is 0 Å². The third kappa shape index (κ3) is 3.21. The number of carbonyl (C=O) groups is 1. The van der Waals surface area contributed by atoms with Crippen LogP contribution in [0.5, 0.6) is 0 Å². The first-order valence-corrected chi connectivity index (χ1v) is 6.99. The monoisotopic (exact) mass is 296 g/mol. The summed E-state index contributed by atoms with van der Waals surface area (Å²) in [4.78, 5) is 20.3. The molecule has 1 atom stereocenters. The van der Waals surface area contributed by atoms with Gasteiger partial charge in [-0.3, -0.25) is 4.79 Å². The van der Waals surface area contributed by atoms with Crippen LogP contribution in [-0.4, -0.2) is 15.9 Å². The maximum atomic E-state index is 12.1. The molecule has 0 fully saturated rings. The topological polar surface area (TPSA) is 80.9 Å². The number of rotatable bonds is 4. The molecule has 19 heavy (non-hydrogen) atoms. The fraction of sp³-hybridized carbons (Fsp3) is 0.250. The first-order chi connectivity index (χ1) is 9.11. The van der Waals surface area contributed by atoms with Crippen molar-refractivity contribution >= 4 is 34.7 Å². The van der Waals surface area contributed by atoms with E-state index in [4.69, 9.17) is 17.3 Å². The standard InChI is InChI=1S/C12H13ClN4OS/c1-2-8(12-15-5-6-19-12)16-11(18)10-7(13)3-4-9(14)17-10/h3-6,8H,2H2,1H3,(H2,14,17)(H,16,18). The quantitative estimate of drug-likeness (QED) is 0.909. The number of thiazole rings is 1. The molecule has 0 aromatic carbocycles. The maximum absolute atomic E-state index is 12.1. The van der Waals surface area contributed by atoms with Crippen molar-refractivity contribution in [3.63, 3.8) is 0 Å². The molecule has 2 aromatic heterocycles. The highest BCUT2D eigenvalue weighted by Crippen LogP contribution is 2.21. The first kappa shape index (κ1) is 13.8. The number of halogens is 1. The average Bonchev–Trinajstić information content (AvgIpc) is 2.92. The van der Waals surface area contributed by atoms with Crippen LogP contribution in [0.4, 0.5) is 5.82 Å². The zero-order valence-corrected chi connectivity index (χ0v) is 11.8. The van der Waals surface area contributed by atoms with Gasteiger partial charge in [-0.05, 0) is 18.6 Å². The molecule has 0 aliphatic carbocycles. The Morgan fingerprint density at radius 1 is 1.58 bits per heavy atom. The predicted octanol–water partition coefficient (Wildman–Crippen LogP) is 2.65. The van der Waals surface area contributed by atoms with Gasteiger partial charge in [0.15, 0.2) is 0 Å². The molecular weight excluding hydrogens is 284 g/mol. The fourth-order valence-corrected chi connectivity index (χ4v) is 2.55. The second-order valence-corrected chi connectivity index (χ2v) is 5.20. The van der Waals surface area contributed by atoms with Crippen LogP contribution < -0.4 is 11.1 Å². The first-order valence-electron chi connectivity index (χ1n) is 5.74. The van der Waals surface area contributed by atoms with E-state index in [1.54, 1.807) is 18.3 Å². The van der Waals surface area contributed by atoms with Crippen LogP contribution in [0.1, 0.15) is 34.9 Å². The summed E-state index contributed by atoms with van der Waals surface area (Å²) < 4.78 is 0. The predicted molar refractivity (Wildman–Crippen MR) is 76.3 cm³/mol. The number of carbonyl (C=O) groups excluding carboxylic acids is 1. The second kappa shape index (κ2) is 5.99. The van der Waals surface area contributed by atoms with Gasteiger partial charge in [-0.1, -0.05) is 18.5 Å². The zero-order chi connectivity index (χ0) is 13.8. The van der Waals surface area contributed by atoms with E-state index in [9.17, 15) is 4.79 Å². The Labute approximate surface area is 119 Å². The van der Waals surface area contributed by atoms with Crippen molar-refractivity contribution in [3.05, 3.63) is 39.4 Å². The molecule has 0 aliphatic rings. The maximum Gasteiger partial charge on any atom is 0.272 e. The van der Waals surface area contributed by atoms with Gasteiger partial charge in [0, 0.05) is 11.6 Å². The summed E-state index contributed by atoms with van der Waals surface area (Å²) in [5.74, 6) is -0.0869. The Hall–Kier alpha value is -1.66. The molecule has 100 valence electrons. The lowest BCUT2D eigenvalue weighted by Crippen LogP contribution is -2.29. The van der Waals surface area contributed by atoms with Crippen molar-refractivity contribution in [1.29, 1.82) is 0 Å². The lowest BCUT2D eigenvalue weighted by atomic mass is 10.2. The van der Waals surface area contributed by atoms with E-state index in [-0.39, 0.29) is 28.5 Å². The Bertz CT molecular complexity index is 573. The van der Waals surface area contributed by atoms with Gasteiger partial charge in [0.25, 0.3) is 5.91 Å². The van der Waals surface area contributed by atoms with Crippen LogP contribution in [-0.2, 0) is 0 Å². The van der Waals surface area contributed by atoms with Gasteiger partial charge >= 0.3 is 0 Å². The minimum atomic E-state index is -0.348. The third-order valence-electron chi connectivity index (χ3n) is 2.55. The van der Waals surface area contributed by atoms with E-state index < -0.39 is 0 Å². The summed E-state index contributed by atoms with van der Waals surface area (Å²) in [5.41, 5.74) is 5.70. The number of nitrogens with one attached hydrogen (secondary N) is 1. The van der Waals surface area contributed by atoms with E-state index in [0.29, 0.717) is 0 Å². The van der Waals surface area contributed by atoms with Gasteiger partial charge < -0.3 is 11.1 Å². The summed E-state index contributed by atoms with van der Waals surface area (Å²) >= 11 is 7.45. The van der Waals surface area contributed by atoms with Crippen LogP contribution >= 0.6 is 22.9 Å². The Balaban J connectivity index is 2.18. The number of amides is 1. The van der Waals surface area contributed by atoms with Crippen molar-refractivity contribution in [2.45, 2.75) is 19.4 Å². The molecule has 0 bridgehead atoms. The van der Waals surface area contributed by atoms with Crippen LogP contribution in [0.25, 0.3) is 0 Å². The Morgan fingerprint density at radius 3 is 3.00 bits per heavy atom. The zero-order valence-electron chi connectivity index (χ0n) is 10.3.